The summed E-state index contributed by atoms with van der Waals surface area (Å²) in [5.74, 6) is 0. The molecule has 1 aromatic heterocycles. The van der Waals surface area contributed by atoms with Gasteiger partial charge in [-0.05, 0) is 5.56 Å². The maximum atomic E-state index is 4.93. The van der Waals surface area contributed by atoms with Crippen LogP contribution in [0, 0.1) is 6.26 Å². The topological polar surface area (TPSA) is 13.1 Å². The molecule has 0 N–H and O–H groups in total. The Morgan fingerprint density at radius 3 is 3.18 bits per heavy atom. The predicted molar refractivity (Wildman–Crippen MR) is 45.1 cm³/mol. The molecule has 1 radical (unpaired) electrons. The van der Waals surface area contributed by atoms with E-state index >= 15 is 0 Å². The van der Waals surface area contributed by atoms with Crippen LogP contribution in [0.5, 0.6) is 0 Å². The summed E-state index contributed by atoms with van der Waals surface area (Å²) in [4.78, 5) is 0. The molecule has 0 saturated heterocycles. The highest BCUT2D eigenvalue weighted by atomic mass is 16.3. The van der Waals surface area contributed by atoms with Crippen molar-refractivity contribution >= 4 is 16.8 Å². The fraction of sp³-hybridized carbons (Fsp3) is 0. The highest BCUT2D eigenvalue weighted by Gasteiger charge is 1.98. The van der Waals surface area contributed by atoms with Gasteiger partial charge in [0.2, 0.25) is 0 Å². The van der Waals surface area contributed by atoms with Crippen LogP contribution in [0.25, 0.3) is 16.8 Å². The Morgan fingerprint density at radius 1 is 1.45 bits per heavy atom. The van der Waals surface area contributed by atoms with Crippen LogP contribution in [0.4, 0.5) is 0 Å². The summed E-state index contributed by atoms with van der Waals surface area (Å²) < 4.78 is 4.93. The molecule has 53 valence electrons. The van der Waals surface area contributed by atoms with Gasteiger partial charge in [0.1, 0.15) is 0 Å². The van der Waals surface area contributed by atoms with Gasteiger partial charge in [0.05, 0.1) is 6.26 Å². The van der Waals surface area contributed by atoms with E-state index in [4.69, 9.17) is 4.42 Å². The molecule has 0 aliphatic heterocycles. The molecule has 0 aliphatic carbocycles. The fourth-order valence-electron chi connectivity index (χ4n) is 1.13. The zero-order valence-electron chi connectivity index (χ0n) is 6.00. The summed E-state index contributed by atoms with van der Waals surface area (Å²) >= 11 is 0. The maximum absolute atomic E-state index is 4.93. The van der Waals surface area contributed by atoms with Gasteiger partial charge in [0.25, 0.3) is 0 Å². The van der Waals surface area contributed by atoms with E-state index in [0.29, 0.717) is 0 Å². The number of hydrogen-bond donors (Lipinski definition) is 0. The van der Waals surface area contributed by atoms with Crippen molar-refractivity contribution in [3.63, 3.8) is 0 Å². The molecule has 0 spiro atoms. The first-order valence-electron chi connectivity index (χ1n) is 3.42. The second-order valence-corrected chi connectivity index (χ2v) is 2.35. The van der Waals surface area contributed by atoms with Gasteiger partial charge in [-0.15, -0.1) is 0 Å². The molecule has 0 atom stereocenters. The zero-order valence-corrected chi connectivity index (χ0v) is 6.00. The van der Waals surface area contributed by atoms with Gasteiger partial charge >= 0.3 is 0 Å². The van der Waals surface area contributed by atoms with Crippen molar-refractivity contribution in [2.24, 2.45) is 0 Å². The van der Waals surface area contributed by atoms with Crippen molar-refractivity contribution in [1.29, 1.82) is 0 Å². The molecule has 0 amide bonds. The minimum atomic E-state index is 1.00. The molecule has 2 rings (SSSR count). The van der Waals surface area contributed by atoms with Crippen molar-refractivity contribution in [3.8, 4) is 0 Å². The largest absolute Gasteiger partial charge is 0.460 e. The van der Waals surface area contributed by atoms with E-state index in [2.05, 4.69) is 12.8 Å². The van der Waals surface area contributed by atoms with Gasteiger partial charge in [-0.1, -0.05) is 30.9 Å². The molecule has 0 aliphatic rings. The van der Waals surface area contributed by atoms with Crippen LogP contribution in [0.15, 0.2) is 35.5 Å². The molecule has 0 bridgehead atoms. The van der Waals surface area contributed by atoms with Gasteiger partial charge in [-0.25, -0.2) is 0 Å². The van der Waals surface area contributed by atoms with Crippen LogP contribution in [0.3, 0.4) is 0 Å². The van der Waals surface area contributed by atoms with Crippen molar-refractivity contribution in [1.82, 2.24) is 0 Å². The lowest BCUT2D eigenvalue weighted by Crippen LogP contribution is -1.70. The lowest BCUT2D eigenvalue weighted by atomic mass is 10.1. The molecule has 0 unspecified atom stereocenters. The summed E-state index contributed by atoms with van der Waals surface area (Å²) in [5.41, 5.74) is 1.09. The van der Waals surface area contributed by atoms with E-state index in [1.165, 1.54) is 0 Å². The molecule has 0 saturated carbocycles. The third kappa shape index (κ3) is 0.855. The standard InChI is InChI=1S/C10H7O/c1-2-8-4-3-5-9-6-11-7-10(8)9/h2-5,7H,1H2. The van der Waals surface area contributed by atoms with Gasteiger partial charge in [0.15, 0.2) is 6.26 Å². The van der Waals surface area contributed by atoms with E-state index in [1.54, 1.807) is 6.26 Å². The second kappa shape index (κ2) is 2.27. The Bertz CT molecular complexity index is 384. The van der Waals surface area contributed by atoms with E-state index in [-0.39, 0.29) is 0 Å². The number of furan rings is 1. The Kier molecular flexibility index (Phi) is 1.29. The molecule has 2 aromatic rings. The van der Waals surface area contributed by atoms with E-state index in [0.717, 1.165) is 16.3 Å². The zero-order chi connectivity index (χ0) is 7.68. The second-order valence-electron chi connectivity index (χ2n) is 2.35. The van der Waals surface area contributed by atoms with Crippen LogP contribution >= 0.6 is 0 Å². The summed E-state index contributed by atoms with van der Waals surface area (Å²) in [5, 5.41) is 2.07. The molecule has 1 heteroatoms. The number of fused-ring (bicyclic) bond motifs is 1. The van der Waals surface area contributed by atoms with Crippen LogP contribution in [0.2, 0.25) is 0 Å². The fourth-order valence-corrected chi connectivity index (χ4v) is 1.13. The van der Waals surface area contributed by atoms with Crippen molar-refractivity contribution in [2.75, 3.05) is 0 Å². The Morgan fingerprint density at radius 2 is 2.36 bits per heavy atom. The van der Waals surface area contributed by atoms with Crippen LogP contribution < -0.4 is 0 Å². The summed E-state index contributed by atoms with van der Waals surface area (Å²) in [6.45, 7) is 3.71. The lowest BCUT2D eigenvalue weighted by Gasteiger charge is -1.91. The smallest absolute Gasteiger partial charge is 0.177 e. The highest BCUT2D eigenvalue weighted by Crippen LogP contribution is 2.19. The van der Waals surface area contributed by atoms with E-state index in [9.17, 15) is 0 Å². The van der Waals surface area contributed by atoms with Crippen molar-refractivity contribution < 1.29 is 4.42 Å². The third-order valence-electron chi connectivity index (χ3n) is 1.71. The van der Waals surface area contributed by atoms with Crippen LogP contribution in [0.1, 0.15) is 5.56 Å². The van der Waals surface area contributed by atoms with Gasteiger partial charge < -0.3 is 4.42 Å². The Labute approximate surface area is 64.9 Å². The molecule has 1 heterocycles. The van der Waals surface area contributed by atoms with Gasteiger partial charge in [-0.2, -0.15) is 0 Å². The quantitative estimate of drug-likeness (QED) is 0.598. The molecule has 1 nitrogen and oxygen atoms in total. The predicted octanol–water partition coefficient (Wildman–Crippen LogP) is 2.88. The summed E-state index contributed by atoms with van der Waals surface area (Å²) in [6.07, 6.45) is 6.27. The first kappa shape index (κ1) is 6.23. The SMILES string of the molecule is C=Cc1cccc2[c]occ12. The summed E-state index contributed by atoms with van der Waals surface area (Å²) in [6, 6.07) is 5.93. The highest BCUT2D eigenvalue weighted by molar-refractivity contribution is 5.88. The Balaban J connectivity index is 2.88. The normalized spacial score (nSPS) is 10.2. The Hall–Kier alpha value is -1.50. The number of hydrogen-bond acceptors (Lipinski definition) is 1. The van der Waals surface area contributed by atoms with Crippen LogP contribution in [-0.4, -0.2) is 0 Å². The van der Waals surface area contributed by atoms with Gasteiger partial charge in [0, 0.05) is 10.8 Å². The minimum Gasteiger partial charge on any atom is -0.460 e. The molecule has 0 fully saturated rings. The average molecular weight is 143 g/mol. The third-order valence-corrected chi connectivity index (χ3v) is 1.71. The maximum Gasteiger partial charge on any atom is 0.177 e. The van der Waals surface area contributed by atoms with Crippen molar-refractivity contribution in [2.45, 2.75) is 0 Å². The molecular formula is C10H7O. The molecule has 1 aromatic carbocycles. The number of rotatable bonds is 1. The lowest BCUT2D eigenvalue weighted by molar-refractivity contribution is 0.563. The molecular weight excluding hydrogens is 136 g/mol. The monoisotopic (exact) mass is 143 g/mol. The first-order valence-corrected chi connectivity index (χ1v) is 3.42. The van der Waals surface area contributed by atoms with E-state index < -0.39 is 0 Å². The first-order chi connectivity index (χ1) is 5.42. The number of benzene rings is 1. The molecule has 11 heavy (non-hydrogen) atoms. The minimum absolute atomic E-state index is 1.00. The van der Waals surface area contributed by atoms with E-state index in [1.807, 2.05) is 24.3 Å². The van der Waals surface area contributed by atoms with Gasteiger partial charge in [-0.3, -0.25) is 0 Å². The summed E-state index contributed by atoms with van der Waals surface area (Å²) in [7, 11) is 0. The van der Waals surface area contributed by atoms with Crippen molar-refractivity contribution in [3.05, 3.63) is 42.9 Å². The van der Waals surface area contributed by atoms with Crippen LogP contribution in [-0.2, 0) is 0 Å². The average Bonchev–Trinajstić information content (AvgIpc) is 2.50.